The van der Waals surface area contributed by atoms with Crippen LogP contribution in [0.1, 0.15) is 27.8 Å². The molecule has 0 fully saturated rings. The average molecular weight is 545 g/mol. The van der Waals surface area contributed by atoms with E-state index in [1.165, 1.54) is 0 Å². The molecule has 0 aromatic heterocycles. The molecule has 0 heterocycles. The number of benzene rings is 3. The number of hydrogen-bond acceptors (Lipinski definition) is 4. The molecule has 0 amide bonds. The summed E-state index contributed by atoms with van der Waals surface area (Å²) in [5.41, 5.74) is 4.22. The number of sulfonamides is 1. The molecule has 3 rings (SSSR count). The number of ether oxygens (including phenoxy) is 1. The molecule has 0 bridgehead atoms. The van der Waals surface area contributed by atoms with E-state index in [2.05, 4.69) is 28.9 Å². The molecule has 0 aliphatic heterocycles. The lowest BCUT2D eigenvalue weighted by Gasteiger charge is -2.35. The highest BCUT2D eigenvalue weighted by Gasteiger charge is 2.31. The van der Waals surface area contributed by atoms with Gasteiger partial charge in [-0.2, -0.15) is 0 Å². The minimum absolute atomic E-state index is 0.281. The summed E-state index contributed by atoms with van der Waals surface area (Å²) in [7, 11) is -2.30. The van der Waals surface area contributed by atoms with Crippen LogP contribution in [0.25, 0.3) is 6.08 Å². The fraction of sp³-hybridized carbons (Fsp3) is 0.273. The van der Waals surface area contributed by atoms with Crippen LogP contribution in [-0.4, -0.2) is 45.6 Å². The van der Waals surface area contributed by atoms with Crippen LogP contribution in [0.2, 0.25) is 0 Å². The third-order valence-corrected chi connectivity index (χ3v) is 8.70. The summed E-state index contributed by atoms with van der Waals surface area (Å²) in [6, 6.07) is 21.0. The highest BCUT2D eigenvalue weighted by Crippen LogP contribution is 2.31. The van der Waals surface area contributed by atoms with Crippen LogP contribution in [0.4, 0.5) is 0 Å². The molecule has 0 unspecified atom stereocenters. The Morgan fingerprint density at radius 3 is 2.08 bits per heavy atom. The monoisotopic (exact) mass is 544 g/mol. The topological polar surface area (TPSA) is 58.6 Å². The van der Waals surface area contributed by atoms with Crippen molar-refractivity contribution in [2.24, 2.45) is 0 Å². The highest BCUT2D eigenvalue weighted by atomic mass is 32.2. The Morgan fingerprint density at radius 1 is 0.923 bits per heavy atom. The van der Waals surface area contributed by atoms with Crippen molar-refractivity contribution >= 4 is 16.1 Å². The molecule has 0 saturated heterocycles. The third-order valence-electron chi connectivity index (χ3n) is 6.92. The van der Waals surface area contributed by atoms with Gasteiger partial charge in [0.1, 0.15) is 5.75 Å². The van der Waals surface area contributed by atoms with Crippen LogP contribution in [0, 0.1) is 20.8 Å². The van der Waals surface area contributed by atoms with E-state index in [1.807, 2.05) is 99.7 Å². The van der Waals surface area contributed by atoms with E-state index in [9.17, 15) is 8.42 Å². The fourth-order valence-corrected chi connectivity index (χ4v) is 6.72. The van der Waals surface area contributed by atoms with Gasteiger partial charge in [0, 0.05) is 25.2 Å². The molecular weight excluding hydrogens is 504 g/mol. The Bertz CT molecular complexity index is 1370. The quantitative estimate of drug-likeness (QED) is 0.243. The summed E-state index contributed by atoms with van der Waals surface area (Å²) in [6.45, 7) is 14.6. The highest BCUT2D eigenvalue weighted by molar-refractivity contribution is 7.89. The van der Waals surface area contributed by atoms with Crippen LogP contribution < -0.4 is 9.46 Å². The second-order valence-corrected chi connectivity index (χ2v) is 11.3. The standard InChI is InChI=1S/C33H40N2O3S/c1-7-21-35(22-8-2)31(20-19-28-15-11-9-12-16-28)30(24-29-17-13-10-14-18-29)34-39(36,37)33-25(3)23-32(38-6)26(4)27(33)5/h7-20,23,30-31,34H,1-2,21-22,24H2,3-6H3/b20-19+/t30-,31+/m0/s1. The molecule has 0 aliphatic carbocycles. The van der Waals surface area contributed by atoms with Gasteiger partial charge in [-0.3, -0.25) is 4.90 Å². The SMILES string of the molecule is C=CCN(CC=C)[C@H](/C=C/c1ccccc1)[C@H](Cc1ccccc1)NS(=O)(=O)c1c(C)cc(OC)c(C)c1C. The van der Waals surface area contributed by atoms with Crippen molar-refractivity contribution in [1.29, 1.82) is 0 Å². The first-order chi connectivity index (χ1) is 18.7. The molecule has 0 radical (unpaired) electrons. The minimum Gasteiger partial charge on any atom is -0.496 e. The lowest BCUT2D eigenvalue weighted by Crippen LogP contribution is -2.52. The molecule has 0 saturated carbocycles. The van der Waals surface area contributed by atoms with Crippen molar-refractivity contribution in [2.75, 3.05) is 20.2 Å². The predicted octanol–water partition coefficient (Wildman–Crippen LogP) is 6.27. The fourth-order valence-electron chi connectivity index (χ4n) is 4.94. The molecule has 3 aromatic rings. The van der Waals surface area contributed by atoms with Gasteiger partial charge in [0.05, 0.1) is 12.0 Å². The van der Waals surface area contributed by atoms with Gasteiger partial charge in [-0.1, -0.05) is 85.0 Å². The minimum atomic E-state index is -3.90. The van der Waals surface area contributed by atoms with Crippen molar-refractivity contribution in [3.8, 4) is 5.75 Å². The molecule has 6 heteroatoms. The summed E-state index contributed by atoms with van der Waals surface area (Å²) in [6.07, 6.45) is 8.30. The van der Waals surface area contributed by atoms with Crippen molar-refractivity contribution in [3.05, 3.63) is 126 Å². The zero-order chi connectivity index (χ0) is 28.4. The Balaban J connectivity index is 2.14. The van der Waals surface area contributed by atoms with E-state index in [1.54, 1.807) is 13.2 Å². The Hall–Kier alpha value is -3.45. The van der Waals surface area contributed by atoms with Gasteiger partial charge in [-0.25, -0.2) is 13.1 Å². The summed E-state index contributed by atoms with van der Waals surface area (Å²) >= 11 is 0. The Labute approximate surface area is 234 Å². The summed E-state index contributed by atoms with van der Waals surface area (Å²) in [5, 5.41) is 0. The molecule has 0 aliphatic rings. The number of rotatable bonds is 14. The smallest absolute Gasteiger partial charge is 0.241 e. The maximum Gasteiger partial charge on any atom is 0.241 e. The molecule has 5 nitrogen and oxygen atoms in total. The molecule has 1 N–H and O–H groups in total. The first-order valence-corrected chi connectivity index (χ1v) is 14.6. The zero-order valence-corrected chi connectivity index (χ0v) is 24.2. The van der Waals surface area contributed by atoms with Gasteiger partial charge >= 0.3 is 0 Å². The van der Waals surface area contributed by atoms with Crippen molar-refractivity contribution in [1.82, 2.24) is 9.62 Å². The molecule has 2 atom stereocenters. The van der Waals surface area contributed by atoms with E-state index in [0.29, 0.717) is 41.3 Å². The maximum atomic E-state index is 14.1. The maximum absolute atomic E-state index is 14.1. The van der Waals surface area contributed by atoms with Crippen LogP contribution in [-0.2, 0) is 16.4 Å². The largest absolute Gasteiger partial charge is 0.496 e. The zero-order valence-electron chi connectivity index (χ0n) is 23.4. The van der Waals surface area contributed by atoms with E-state index in [0.717, 1.165) is 16.7 Å². The van der Waals surface area contributed by atoms with Gasteiger partial charge in [0.25, 0.3) is 0 Å². The number of nitrogens with one attached hydrogen (secondary N) is 1. The summed E-state index contributed by atoms with van der Waals surface area (Å²) in [4.78, 5) is 2.47. The second-order valence-electron chi connectivity index (χ2n) is 9.68. The van der Waals surface area contributed by atoms with Gasteiger partial charge in [-0.15, -0.1) is 13.2 Å². The lowest BCUT2D eigenvalue weighted by atomic mass is 9.97. The van der Waals surface area contributed by atoms with Crippen LogP contribution in [0.5, 0.6) is 5.75 Å². The molecule has 0 spiro atoms. The van der Waals surface area contributed by atoms with Gasteiger partial charge in [0.15, 0.2) is 0 Å². The first-order valence-electron chi connectivity index (χ1n) is 13.1. The van der Waals surface area contributed by atoms with Crippen LogP contribution in [0.3, 0.4) is 0 Å². The Morgan fingerprint density at radius 2 is 1.51 bits per heavy atom. The molecule has 39 heavy (non-hydrogen) atoms. The van der Waals surface area contributed by atoms with Gasteiger partial charge < -0.3 is 4.74 Å². The molecule has 3 aromatic carbocycles. The van der Waals surface area contributed by atoms with Crippen molar-refractivity contribution in [3.63, 3.8) is 0 Å². The van der Waals surface area contributed by atoms with E-state index >= 15 is 0 Å². The summed E-state index contributed by atoms with van der Waals surface area (Å²) in [5.74, 6) is 0.677. The Kier molecular flexibility index (Phi) is 10.9. The van der Waals surface area contributed by atoms with Gasteiger partial charge in [-0.05, 0) is 61.1 Å². The second kappa shape index (κ2) is 14.1. The van der Waals surface area contributed by atoms with Crippen LogP contribution >= 0.6 is 0 Å². The number of nitrogens with zero attached hydrogens (tertiary/aromatic N) is 1. The first kappa shape index (κ1) is 30.1. The molecule has 206 valence electrons. The lowest BCUT2D eigenvalue weighted by molar-refractivity contribution is 0.240. The number of aryl methyl sites for hydroxylation is 1. The number of hydrogen-bond donors (Lipinski definition) is 1. The van der Waals surface area contributed by atoms with E-state index < -0.39 is 16.1 Å². The normalized spacial score (nSPS) is 13.4. The molecular formula is C33H40N2O3S. The summed E-state index contributed by atoms with van der Waals surface area (Å²) < 4.78 is 36.8. The van der Waals surface area contributed by atoms with Gasteiger partial charge in [0.2, 0.25) is 10.0 Å². The predicted molar refractivity (Wildman–Crippen MR) is 163 cm³/mol. The van der Waals surface area contributed by atoms with Crippen molar-refractivity contribution < 1.29 is 13.2 Å². The van der Waals surface area contributed by atoms with E-state index in [-0.39, 0.29) is 6.04 Å². The van der Waals surface area contributed by atoms with Crippen molar-refractivity contribution in [2.45, 2.75) is 44.2 Å². The van der Waals surface area contributed by atoms with E-state index in [4.69, 9.17) is 4.74 Å². The third kappa shape index (κ3) is 7.79. The van der Waals surface area contributed by atoms with Crippen LogP contribution in [0.15, 0.2) is 103 Å². The average Bonchev–Trinajstić information content (AvgIpc) is 2.92. The number of methoxy groups -OCH3 is 1.